The van der Waals surface area contributed by atoms with Crippen molar-refractivity contribution in [3.05, 3.63) is 54.2 Å². The molecular formula is C19H19F2N3O3S. The summed E-state index contributed by atoms with van der Waals surface area (Å²) in [6.07, 6.45) is 1.60. The molecule has 0 aliphatic heterocycles. The second-order valence-electron chi connectivity index (χ2n) is 7.26. The fourth-order valence-electron chi connectivity index (χ4n) is 2.61. The van der Waals surface area contributed by atoms with E-state index in [1.54, 1.807) is 33.0 Å². The maximum Gasteiger partial charge on any atom is 0.266 e. The molecule has 148 valence electrons. The number of halogens is 2. The molecule has 1 unspecified atom stereocenters. The van der Waals surface area contributed by atoms with Crippen LogP contribution in [0, 0.1) is 17.0 Å². The summed E-state index contributed by atoms with van der Waals surface area (Å²) >= 11 is -2.64. The molecule has 3 rings (SSSR count). The Balaban J connectivity index is 2.02. The van der Waals surface area contributed by atoms with Crippen LogP contribution < -0.4 is 9.62 Å². The van der Waals surface area contributed by atoms with Crippen molar-refractivity contribution in [3.8, 4) is 0 Å². The second-order valence-corrected chi connectivity index (χ2v) is 8.08. The number of hydrogen-bond acceptors (Lipinski definition) is 2. The van der Waals surface area contributed by atoms with Gasteiger partial charge in [0, 0.05) is 28.6 Å². The van der Waals surface area contributed by atoms with Gasteiger partial charge in [-0.05, 0) is 30.3 Å². The molecule has 0 spiro atoms. The first-order chi connectivity index (χ1) is 13.1. The van der Waals surface area contributed by atoms with Gasteiger partial charge in [0.2, 0.25) is 5.91 Å². The van der Waals surface area contributed by atoms with Crippen molar-refractivity contribution in [1.82, 2.24) is 4.98 Å². The molecule has 1 aromatic heterocycles. The molecule has 0 bridgehead atoms. The minimum absolute atomic E-state index is 0.169. The molecule has 1 heterocycles. The van der Waals surface area contributed by atoms with Gasteiger partial charge in [-0.3, -0.25) is 9.35 Å². The van der Waals surface area contributed by atoms with E-state index in [1.807, 2.05) is 0 Å². The topological polar surface area (TPSA) is 85.4 Å². The van der Waals surface area contributed by atoms with Gasteiger partial charge in [-0.2, -0.15) is 0 Å². The summed E-state index contributed by atoms with van der Waals surface area (Å²) in [5.74, 6) is -1.74. The predicted molar refractivity (Wildman–Crippen MR) is 106 cm³/mol. The van der Waals surface area contributed by atoms with Crippen molar-refractivity contribution in [2.75, 3.05) is 9.62 Å². The number of anilines is 3. The largest absolute Gasteiger partial charge is 0.359 e. The third-order valence-electron chi connectivity index (χ3n) is 4.11. The number of carbonyl (C=O) groups excluding carboxylic acids is 1. The van der Waals surface area contributed by atoms with E-state index in [0.717, 1.165) is 22.5 Å². The number of H-pyrrole nitrogens is 1. The zero-order valence-electron chi connectivity index (χ0n) is 15.4. The van der Waals surface area contributed by atoms with E-state index in [-0.39, 0.29) is 17.3 Å². The molecule has 0 saturated heterocycles. The summed E-state index contributed by atoms with van der Waals surface area (Å²) in [6.45, 7) is 5.37. The summed E-state index contributed by atoms with van der Waals surface area (Å²) in [6, 6.07) is 7.28. The lowest BCUT2D eigenvalue weighted by atomic mass is 9.95. The third-order valence-corrected chi connectivity index (χ3v) is 4.83. The molecule has 9 heteroatoms. The molecule has 3 aromatic rings. The third kappa shape index (κ3) is 3.90. The monoisotopic (exact) mass is 407 g/mol. The highest BCUT2D eigenvalue weighted by molar-refractivity contribution is 7.81. The quantitative estimate of drug-likeness (QED) is 0.548. The van der Waals surface area contributed by atoms with E-state index in [0.29, 0.717) is 16.6 Å². The van der Waals surface area contributed by atoms with E-state index in [2.05, 4.69) is 10.3 Å². The minimum atomic E-state index is -2.64. The van der Waals surface area contributed by atoms with Gasteiger partial charge in [0.05, 0.1) is 17.1 Å². The molecule has 0 saturated carbocycles. The van der Waals surface area contributed by atoms with Crippen molar-refractivity contribution in [2.45, 2.75) is 20.8 Å². The van der Waals surface area contributed by atoms with Crippen LogP contribution in [0.25, 0.3) is 10.9 Å². The molecule has 0 radical (unpaired) electrons. The number of aromatic nitrogens is 1. The number of amides is 1. The Morgan fingerprint density at radius 3 is 2.54 bits per heavy atom. The lowest BCUT2D eigenvalue weighted by Crippen LogP contribution is -2.27. The van der Waals surface area contributed by atoms with Gasteiger partial charge >= 0.3 is 0 Å². The van der Waals surface area contributed by atoms with E-state index in [1.165, 1.54) is 12.1 Å². The van der Waals surface area contributed by atoms with E-state index in [4.69, 9.17) is 0 Å². The highest BCUT2D eigenvalue weighted by atomic mass is 32.2. The number of benzene rings is 2. The summed E-state index contributed by atoms with van der Waals surface area (Å²) < 4.78 is 49.9. The highest BCUT2D eigenvalue weighted by Crippen LogP contribution is 2.34. The molecule has 3 N–H and O–H groups in total. The Labute approximate surface area is 163 Å². The number of rotatable bonds is 4. The zero-order valence-corrected chi connectivity index (χ0v) is 16.2. The molecule has 0 fully saturated rings. The van der Waals surface area contributed by atoms with Crippen molar-refractivity contribution in [3.63, 3.8) is 0 Å². The van der Waals surface area contributed by atoms with E-state index >= 15 is 0 Å². The number of nitrogens with zero attached hydrogens (tertiary/aromatic N) is 1. The first kappa shape index (κ1) is 20.0. The van der Waals surface area contributed by atoms with Gasteiger partial charge in [-0.1, -0.05) is 20.8 Å². The van der Waals surface area contributed by atoms with Crippen LogP contribution in [0.5, 0.6) is 0 Å². The Bertz CT molecular complexity index is 1080. The number of nitrogens with one attached hydrogen (secondary N) is 2. The van der Waals surface area contributed by atoms with Crippen LogP contribution in [-0.2, 0) is 16.1 Å². The van der Waals surface area contributed by atoms with Crippen LogP contribution in [-0.4, -0.2) is 19.7 Å². The van der Waals surface area contributed by atoms with Gasteiger partial charge in [-0.25, -0.2) is 17.3 Å². The summed E-state index contributed by atoms with van der Waals surface area (Å²) in [4.78, 5) is 15.2. The van der Waals surface area contributed by atoms with Crippen LogP contribution >= 0.6 is 0 Å². The maximum absolute atomic E-state index is 14.1. The highest BCUT2D eigenvalue weighted by Gasteiger charge is 2.23. The summed E-state index contributed by atoms with van der Waals surface area (Å²) in [5.41, 5.74) is 0.327. The second kappa shape index (κ2) is 7.33. The maximum atomic E-state index is 14.1. The predicted octanol–water partition coefficient (Wildman–Crippen LogP) is 4.71. The lowest BCUT2D eigenvalue weighted by molar-refractivity contribution is -0.123. The standard InChI is InChI=1S/C19H19F2N3O3S/c1-19(2,3)18(25)23-16-10-22-15-9-12(5-6-13(15)16)24(28(26)27)17-8-11(20)4-7-14(17)21/h4-10,22H,1-3H3,(H,23,25)(H,26,27). The van der Waals surface area contributed by atoms with E-state index in [9.17, 15) is 22.3 Å². The first-order valence-electron chi connectivity index (χ1n) is 8.36. The molecule has 28 heavy (non-hydrogen) atoms. The van der Waals surface area contributed by atoms with Gasteiger partial charge in [-0.15, -0.1) is 0 Å². The normalized spacial score (nSPS) is 12.8. The van der Waals surface area contributed by atoms with Crippen molar-refractivity contribution in [2.24, 2.45) is 5.41 Å². The Kier molecular flexibility index (Phi) is 5.22. The minimum Gasteiger partial charge on any atom is -0.359 e. The molecule has 0 aliphatic carbocycles. The van der Waals surface area contributed by atoms with Crippen LogP contribution in [0.1, 0.15) is 20.8 Å². The molecule has 0 aliphatic rings. The average Bonchev–Trinajstić information content (AvgIpc) is 2.99. The summed E-state index contributed by atoms with van der Waals surface area (Å²) in [7, 11) is 0. The number of hydrogen-bond donors (Lipinski definition) is 3. The number of fused-ring (bicyclic) bond motifs is 1. The zero-order chi connectivity index (χ0) is 20.6. The van der Waals surface area contributed by atoms with E-state index < -0.39 is 28.3 Å². The fraction of sp³-hybridized carbons (Fsp3) is 0.211. The van der Waals surface area contributed by atoms with Gasteiger partial charge in [0.25, 0.3) is 11.3 Å². The molecule has 6 nitrogen and oxygen atoms in total. The number of aromatic amines is 1. The van der Waals surface area contributed by atoms with Crippen molar-refractivity contribution in [1.29, 1.82) is 0 Å². The molecular weight excluding hydrogens is 388 g/mol. The van der Waals surface area contributed by atoms with Gasteiger partial charge in [0.1, 0.15) is 11.6 Å². The fourth-order valence-corrected chi connectivity index (χ4v) is 3.21. The van der Waals surface area contributed by atoms with Crippen LogP contribution in [0.4, 0.5) is 25.8 Å². The Morgan fingerprint density at radius 2 is 1.89 bits per heavy atom. The van der Waals surface area contributed by atoms with Crippen LogP contribution in [0.3, 0.4) is 0 Å². The van der Waals surface area contributed by atoms with Crippen LogP contribution in [0.15, 0.2) is 42.6 Å². The average molecular weight is 407 g/mol. The number of carbonyl (C=O) groups is 1. The molecule has 1 amide bonds. The smallest absolute Gasteiger partial charge is 0.266 e. The molecule has 2 aromatic carbocycles. The van der Waals surface area contributed by atoms with Gasteiger partial charge < -0.3 is 10.3 Å². The molecule has 1 atom stereocenters. The Morgan fingerprint density at radius 1 is 1.18 bits per heavy atom. The lowest BCUT2D eigenvalue weighted by Gasteiger charge is -2.21. The van der Waals surface area contributed by atoms with Crippen LogP contribution in [0.2, 0.25) is 0 Å². The SMILES string of the molecule is CC(C)(C)C(=O)Nc1c[nH]c2cc(N(c3cc(F)ccc3F)S(=O)O)ccc12. The first-order valence-corrected chi connectivity index (χ1v) is 9.43. The Hall–Kier alpha value is -2.78. The van der Waals surface area contributed by atoms with Crippen molar-refractivity contribution >= 4 is 45.1 Å². The van der Waals surface area contributed by atoms with Gasteiger partial charge in [0.15, 0.2) is 0 Å². The summed E-state index contributed by atoms with van der Waals surface area (Å²) in [5, 5.41) is 3.49. The van der Waals surface area contributed by atoms with Crippen molar-refractivity contribution < 1.29 is 22.3 Å².